The Kier molecular flexibility index (Phi) is 3.60. The van der Waals surface area contributed by atoms with Gasteiger partial charge in [0.1, 0.15) is 5.82 Å². The molecule has 0 bridgehead atoms. The molecule has 2 rings (SSSR count). The number of rotatable bonds is 3. The summed E-state index contributed by atoms with van der Waals surface area (Å²) in [5.41, 5.74) is 0.826. The van der Waals surface area contributed by atoms with Gasteiger partial charge in [-0.05, 0) is 24.1 Å². The number of methoxy groups -OCH3 is 1. The van der Waals surface area contributed by atoms with Crippen molar-refractivity contribution in [1.82, 2.24) is 5.32 Å². The average Bonchev–Trinajstić information content (AvgIpc) is 2.73. The van der Waals surface area contributed by atoms with Crippen LogP contribution in [0.15, 0.2) is 24.3 Å². The largest absolute Gasteiger partial charge is 0.469 e. The van der Waals surface area contributed by atoms with E-state index in [2.05, 4.69) is 10.1 Å². The SMILES string of the molecule is COC(=O)[C@H]1CNC(=O)[C@@H]1Cc1ccc(F)cc1. The van der Waals surface area contributed by atoms with Crippen LogP contribution < -0.4 is 5.32 Å². The van der Waals surface area contributed by atoms with E-state index in [1.165, 1.54) is 19.2 Å². The van der Waals surface area contributed by atoms with Gasteiger partial charge in [-0.1, -0.05) is 12.1 Å². The van der Waals surface area contributed by atoms with E-state index in [1.54, 1.807) is 12.1 Å². The van der Waals surface area contributed by atoms with Gasteiger partial charge in [-0.3, -0.25) is 9.59 Å². The molecule has 1 fully saturated rings. The van der Waals surface area contributed by atoms with Gasteiger partial charge in [0.15, 0.2) is 0 Å². The Morgan fingerprint density at radius 2 is 2.11 bits per heavy atom. The van der Waals surface area contributed by atoms with E-state index in [9.17, 15) is 14.0 Å². The number of carbonyl (C=O) groups is 2. The Bertz CT molecular complexity index is 458. The highest BCUT2D eigenvalue weighted by molar-refractivity contribution is 5.89. The first-order valence-electron chi connectivity index (χ1n) is 5.72. The first-order chi connectivity index (χ1) is 8.61. The quantitative estimate of drug-likeness (QED) is 0.812. The Balaban J connectivity index is 2.12. The Labute approximate surface area is 104 Å². The fourth-order valence-electron chi connectivity index (χ4n) is 2.17. The molecule has 1 aliphatic heterocycles. The summed E-state index contributed by atoms with van der Waals surface area (Å²) in [6.07, 6.45) is 0.409. The molecule has 18 heavy (non-hydrogen) atoms. The van der Waals surface area contributed by atoms with Crippen LogP contribution in [0.4, 0.5) is 4.39 Å². The maximum Gasteiger partial charge on any atom is 0.311 e. The number of ether oxygens (including phenoxy) is 1. The molecule has 1 aromatic carbocycles. The van der Waals surface area contributed by atoms with Gasteiger partial charge < -0.3 is 10.1 Å². The van der Waals surface area contributed by atoms with Crippen molar-refractivity contribution in [1.29, 1.82) is 0 Å². The predicted molar refractivity (Wildman–Crippen MR) is 62.1 cm³/mol. The van der Waals surface area contributed by atoms with Gasteiger partial charge in [-0.25, -0.2) is 4.39 Å². The zero-order valence-corrected chi connectivity index (χ0v) is 9.98. The zero-order valence-electron chi connectivity index (χ0n) is 9.98. The molecule has 0 unspecified atom stereocenters. The summed E-state index contributed by atoms with van der Waals surface area (Å²) in [5.74, 6) is -1.77. The minimum Gasteiger partial charge on any atom is -0.469 e. The van der Waals surface area contributed by atoms with E-state index >= 15 is 0 Å². The van der Waals surface area contributed by atoms with Crippen molar-refractivity contribution >= 4 is 11.9 Å². The Morgan fingerprint density at radius 3 is 2.72 bits per heavy atom. The van der Waals surface area contributed by atoms with Crippen LogP contribution in [-0.4, -0.2) is 25.5 Å². The molecule has 0 spiro atoms. The van der Waals surface area contributed by atoms with Gasteiger partial charge in [0, 0.05) is 6.54 Å². The van der Waals surface area contributed by atoms with Crippen LogP contribution in [0.5, 0.6) is 0 Å². The van der Waals surface area contributed by atoms with Gasteiger partial charge in [-0.2, -0.15) is 0 Å². The zero-order chi connectivity index (χ0) is 13.1. The molecular formula is C13H14FNO3. The van der Waals surface area contributed by atoms with Crippen molar-refractivity contribution in [2.75, 3.05) is 13.7 Å². The number of carbonyl (C=O) groups excluding carboxylic acids is 2. The van der Waals surface area contributed by atoms with E-state index in [0.717, 1.165) is 5.56 Å². The average molecular weight is 251 g/mol. The summed E-state index contributed by atoms with van der Waals surface area (Å²) in [7, 11) is 1.31. The van der Waals surface area contributed by atoms with Crippen LogP contribution in [0.1, 0.15) is 5.56 Å². The number of benzene rings is 1. The number of amides is 1. The van der Waals surface area contributed by atoms with Gasteiger partial charge in [0.2, 0.25) is 5.91 Å². The predicted octanol–water partition coefficient (Wildman–Crippen LogP) is 0.903. The molecular weight excluding hydrogens is 237 g/mol. The number of esters is 1. The molecule has 0 saturated carbocycles. The molecule has 1 heterocycles. The molecule has 96 valence electrons. The molecule has 4 nitrogen and oxygen atoms in total. The molecule has 1 aliphatic rings. The lowest BCUT2D eigenvalue weighted by molar-refractivity contribution is -0.147. The van der Waals surface area contributed by atoms with Crippen LogP contribution in [-0.2, 0) is 20.7 Å². The molecule has 0 aliphatic carbocycles. The van der Waals surface area contributed by atoms with Crippen molar-refractivity contribution in [3.8, 4) is 0 Å². The summed E-state index contributed by atoms with van der Waals surface area (Å²) in [6, 6.07) is 5.93. The second-order valence-corrected chi connectivity index (χ2v) is 4.31. The summed E-state index contributed by atoms with van der Waals surface area (Å²) in [5, 5.41) is 2.65. The topological polar surface area (TPSA) is 55.4 Å². The second kappa shape index (κ2) is 5.16. The van der Waals surface area contributed by atoms with Crippen molar-refractivity contribution in [2.24, 2.45) is 11.8 Å². The van der Waals surface area contributed by atoms with Crippen molar-refractivity contribution in [2.45, 2.75) is 6.42 Å². The third-order valence-electron chi connectivity index (χ3n) is 3.19. The highest BCUT2D eigenvalue weighted by Crippen LogP contribution is 2.23. The number of nitrogens with one attached hydrogen (secondary N) is 1. The smallest absolute Gasteiger partial charge is 0.311 e. The fraction of sp³-hybridized carbons (Fsp3) is 0.385. The third kappa shape index (κ3) is 2.50. The molecule has 0 radical (unpaired) electrons. The molecule has 1 aromatic rings. The Hall–Kier alpha value is -1.91. The molecule has 1 saturated heterocycles. The normalized spacial score (nSPS) is 22.7. The molecule has 2 atom stereocenters. The third-order valence-corrected chi connectivity index (χ3v) is 3.19. The van der Waals surface area contributed by atoms with E-state index in [0.29, 0.717) is 13.0 Å². The van der Waals surface area contributed by atoms with Crippen LogP contribution in [0.2, 0.25) is 0 Å². The van der Waals surface area contributed by atoms with Gasteiger partial charge >= 0.3 is 5.97 Å². The van der Waals surface area contributed by atoms with Crippen molar-refractivity contribution in [3.63, 3.8) is 0 Å². The lowest BCUT2D eigenvalue weighted by Crippen LogP contribution is -2.27. The first-order valence-corrected chi connectivity index (χ1v) is 5.72. The monoisotopic (exact) mass is 251 g/mol. The molecule has 5 heteroatoms. The lowest BCUT2D eigenvalue weighted by Gasteiger charge is -2.14. The van der Waals surface area contributed by atoms with E-state index in [1.807, 2.05) is 0 Å². The maximum absolute atomic E-state index is 12.8. The van der Waals surface area contributed by atoms with E-state index < -0.39 is 11.8 Å². The molecule has 1 amide bonds. The van der Waals surface area contributed by atoms with E-state index in [4.69, 9.17) is 0 Å². The van der Waals surface area contributed by atoms with Crippen molar-refractivity contribution in [3.05, 3.63) is 35.6 Å². The van der Waals surface area contributed by atoms with Gasteiger partial charge in [0.25, 0.3) is 0 Å². The maximum atomic E-state index is 12.8. The van der Waals surface area contributed by atoms with Crippen LogP contribution in [0, 0.1) is 17.7 Å². The van der Waals surface area contributed by atoms with Gasteiger partial charge in [0.05, 0.1) is 18.9 Å². The van der Waals surface area contributed by atoms with Crippen LogP contribution in [0.25, 0.3) is 0 Å². The number of halogens is 1. The minimum absolute atomic E-state index is 0.158. The number of hydrogen-bond acceptors (Lipinski definition) is 3. The second-order valence-electron chi connectivity index (χ2n) is 4.31. The number of hydrogen-bond donors (Lipinski definition) is 1. The highest BCUT2D eigenvalue weighted by atomic mass is 19.1. The standard InChI is InChI=1S/C13H14FNO3/c1-18-13(17)11-7-15-12(16)10(11)6-8-2-4-9(14)5-3-8/h2-5,10-11H,6-7H2,1H3,(H,15,16)/t10-,11+/m1/s1. The summed E-state index contributed by atoms with van der Waals surface area (Å²) in [4.78, 5) is 23.2. The molecule has 0 aromatic heterocycles. The summed E-state index contributed by atoms with van der Waals surface area (Å²) < 4.78 is 17.5. The Morgan fingerprint density at radius 1 is 1.44 bits per heavy atom. The highest BCUT2D eigenvalue weighted by Gasteiger charge is 2.39. The van der Waals surface area contributed by atoms with Crippen LogP contribution >= 0.6 is 0 Å². The van der Waals surface area contributed by atoms with E-state index in [-0.39, 0.29) is 17.7 Å². The molecule has 1 N–H and O–H groups in total. The minimum atomic E-state index is -0.465. The first kappa shape index (κ1) is 12.5. The summed E-state index contributed by atoms with van der Waals surface area (Å²) >= 11 is 0. The van der Waals surface area contributed by atoms with Crippen molar-refractivity contribution < 1.29 is 18.7 Å². The van der Waals surface area contributed by atoms with Gasteiger partial charge in [-0.15, -0.1) is 0 Å². The fourth-order valence-corrected chi connectivity index (χ4v) is 2.17. The lowest BCUT2D eigenvalue weighted by atomic mass is 9.89. The summed E-state index contributed by atoms with van der Waals surface area (Å²) in [6.45, 7) is 0.303. The van der Waals surface area contributed by atoms with Crippen LogP contribution in [0.3, 0.4) is 0 Å².